The van der Waals surface area contributed by atoms with E-state index in [1.165, 1.54) is 83.5 Å². The van der Waals surface area contributed by atoms with E-state index in [9.17, 15) is 4.57 Å². The van der Waals surface area contributed by atoms with Crippen molar-refractivity contribution in [2.45, 2.75) is 116 Å². The average molecular weight is 556 g/mol. The number of ether oxygens (including phenoxy) is 2. The van der Waals surface area contributed by atoms with E-state index < -0.39 is 13.9 Å². The number of imidazole rings is 1. The number of aryl methyl sites for hydroxylation is 1. The lowest BCUT2D eigenvalue weighted by molar-refractivity contribution is 0.127. The molecule has 0 aliphatic carbocycles. The summed E-state index contributed by atoms with van der Waals surface area (Å²) in [5.74, 6) is 0.955. The number of fused-ring (bicyclic) bond motifs is 1. The smallest absolute Gasteiger partial charge is 0.350 e. The Labute approximate surface area is 228 Å². The highest BCUT2D eigenvalue weighted by molar-refractivity contribution is 7.51. The largest absolute Gasteiger partial charge is 0.382 e. The van der Waals surface area contributed by atoms with Gasteiger partial charge in [0.15, 0.2) is 11.5 Å². The van der Waals surface area contributed by atoms with Crippen LogP contribution in [0.2, 0.25) is 0 Å². The van der Waals surface area contributed by atoms with Crippen LogP contribution in [0.1, 0.15) is 109 Å². The predicted octanol–water partition coefficient (Wildman–Crippen LogP) is 5.99. The Balaban J connectivity index is 1.49. The number of rotatable bonds is 24. The minimum Gasteiger partial charge on any atom is -0.382 e. The maximum atomic E-state index is 10.9. The molecule has 218 valence electrons. The van der Waals surface area contributed by atoms with E-state index >= 15 is 0 Å². The predicted molar refractivity (Wildman–Crippen MR) is 152 cm³/mol. The van der Waals surface area contributed by atoms with Crippen LogP contribution in [0.25, 0.3) is 11.2 Å². The standard InChI is InChI=1S/C27H50N5O5P/c1-2-3-4-5-6-7-8-9-10-11-12-13-14-15-19-36-20-16-17-24-30-26(28)25-27(31-24)32(22-29-25)18-21-37-23-38(33,34)35/h22H,2-21,23H2,1H3,(H2,28,30,31)(H2,33,34,35). The first-order valence-electron chi connectivity index (χ1n) is 14.6. The van der Waals surface area contributed by atoms with Crippen molar-refractivity contribution < 1.29 is 23.8 Å². The Morgan fingerprint density at radius 1 is 0.816 bits per heavy atom. The highest BCUT2D eigenvalue weighted by Crippen LogP contribution is 2.33. The van der Waals surface area contributed by atoms with Gasteiger partial charge in [-0.15, -0.1) is 0 Å². The molecule has 38 heavy (non-hydrogen) atoms. The molecule has 0 fully saturated rings. The van der Waals surface area contributed by atoms with Crippen molar-refractivity contribution in [2.75, 3.05) is 31.9 Å². The van der Waals surface area contributed by atoms with Crippen LogP contribution in [0.5, 0.6) is 0 Å². The minimum absolute atomic E-state index is 0.128. The molecule has 0 radical (unpaired) electrons. The Hall–Kier alpha value is -1.58. The van der Waals surface area contributed by atoms with Gasteiger partial charge >= 0.3 is 7.60 Å². The van der Waals surface area contributed by atoms with E-state index in [1.54, 1.807) is 10.9 Å². The molecule has 0 spiro atoms. The lowest BCUT2D eigenvalue weighted by atomic mass is 10.0. The van der Waals surface area contributed by atoms with Gasteiger partial charge in [0.2, 0.25) is 0 Å². The summed E-state index contributed by atoms with van der Waals surface area (Å²) in [7, 11) is -4.18. The van der Waals surface area contributed by atoms with Gasteiger partial charge in [0.05, 0.1) is 12.9 Å². The monoisotopic (exact) mass is 555 g/mol. The van der Waals surface area contributed by atoms with Crippen LogP contribution in [0.4, 0.5) is 5.82 Å². The van der Waals surface area contributed by atoms with Crippen molar-refractivity contribution >= 4 is 24.6 Å². The number of nitrogens with zero attached hydrogens (tertiary/aromatic N) is 4. The number of nitrogens with two attached hydrogens (primary N) is 1. The SMILES string of the molecule is CCCCCCCCCCCCCCCCOCCCc1nc(N)c2ncn(CCOCP(=O)(O)O)c2n1. The van der Waals surface area contributed by atoms with Crippen LogP contribution < -0.4 is 5.73 Å². The molecule has 4 N–H and O–H groups in total. The Morgan fingerprint density at radius 3 is 2.00 bits per heavy atom. The molecule has 0 saturated heterocycles. The zero-order valence-corrected chi connectivity index (χ0v) is 24.3. The summed E-state index contributed by atoms with van der Waals surface area (Å²) in [6, 6.07) is 0. The van der Waals surface area contributed by atoms with Crippen LogP contribution in [-0.4, -0.2) is 55.5 Å². The number of nitrogen functional groups attached to an aromatic ring is 1. The van der Waals surface area contributed by atoms with Crippen molar-refractivity contribution in [3.05, 3.63) is 12.2 Å². The van der Waals surface area contributed by atoms with E-state index in [4.69, 9.17) is 25.0 Å². The zero-order valence-electron chi connectivity index (χ0n) is 23.4. The summed E-state index contributed by atoms with van der Waals surface area (Å²) < 4.78 is 23.5. The Morgan fingerprint density at radius 2 is 1.39 bits per heavy atom. The molecule has 2 rings (SSSR count). The number of unbranched alkanes of at least 4 members (excludes halogenated alkanes) is 13. The summed E-state index contributed by atoms with van der Waals surface area (Å²) in [5, 5.41) is 0. The average Bonchev–Trinajstić information content (AvgIpc) is 3.29. The van der Waals surface area contributed by atoms with Crippen molar-refractivity contribution in [1.29, 1.82) is 0 Å². The second-order valence-corrected chi connectivity index (χ2v) is 11.7. The van der Waals surface area contributed by atoms with Crippen molar-refractivity contribution in [3.8, 4) is 0 Å². The molecule has 0 aliphatic rings. The summed E-state index contributed by atoms with van der Waals surface area (Å²) in [5.41, 5.74) is 7.17. The van der Waals surface area contributed by atoms with Gasteiger partial charge in [0.25, 0.3) is 0 Å². The zero-order chi connectivity index (χ0) is 27.5. The third-order valence-corrected chi connectivity index (χ3v) is 7.12. The molecular formula is C27H50N5O5P. The first-order valence-corrected chi connectivity index (χ1v) is 16.4. The number of anilines is 1. The molecule has 0 aliphatic heterocycles. The first kappa shape index (κ1) is 32.6. The third kappa shape index (κ3) is 14.5. The van der Waals surface area contributed by atoms with E-state index in [0.29, 0.717) is 42.4 Å². The molecule has 0 unspecified atom stereocenters. The second kappa shape index (κ2) is 19.5. The van der Waals surface area contributed by atoms with Gasteiger partial charge in [0, 0.05) is 26.2 Å². The Bertz CT molecular complexity index is 936. The van der Waals surface area contributed by atoms with Gasteiger partial charge in [0.1, 0.15) is 17.7 Å². The summed E-state index contributed by atoms with van der Waals surface area (Å²) in [6.07, 6.45) is 21.4. The molecule has 0 aromatic carbocycles. The highest BCUT2D eigenvalue weighted by Gasteiger charge is 2.14. The maximum Gasteiger partial charge on any atom is 0.350 e. The van der Waals surface area contributed by atoms with Gasteiger partial charge in [-0.25, -0.2) is 15.0 Å². The van der Waals surface area contributed by atoms with Crippen molar-refractivity contribution in [1.82, 2.24) is 19.5 Å². The fourth-order valence-corrected chi connectivity index (χ4v) is 4.83. The molecular weight excluding hydrogens is 505 g/mol. The Kier molecular flexibility index (Phi) is 16.7. The molecule has 0 amide bonds. The van der Waals surface area contributed by atoms with Crippen LogP contribution in [0.3, 0.4) is 0 Å². The molecule has 0 atom stereocenters. The second-order valence-electron chi connectivity index (χ2n) is 10.1. The third-order valence-electron chi connectivity index (χ3n) is 6.60. The first-order chi connectivity index (χ1) is 18.4. The summed E-state index contributed by atoms with van der Waals surface area (Å²) in [4.78, 5) is 31.0. The van der Waals surface area contributed by atoms with E-state index in [0.717, 1.165) is 19.4 Å². The highest BCUT2D eigenvalue weighted by atomic mass is 31.2. The topological polar surface area (TPSA) is 146 Å². The van der Waals surface area contributed by atoms with Gasteiger partial charge < -0.3 is 29.6 Å². The fraction of sp³-hybridized carbons (Fsp3) is 0.815. The normalized spacial score (nSPS) is 12.1. The van der Waals surface area contributed by atoms with Gasteiger partial charge in [-0.1, -0.05) is 90.4 Å². The number of hydrogen-bond donors (Lipinski definition) is 3. The summed E-state index contributed by atoms with van der Waals surface area (Å²) in [6.45, 7) is 4.21. The quantitative estimate of drug-likeness (QED) is 0.105. The van der Waals surface area contributed by atoms with Crippen LogP contribution in [-0.2, 0) is 27.0 Å². The maximum absolute atomic E-state index is 10.9. The number of aromatic nitrogens is 4. The molecule has 2 aromatic heterocycles. The molecule has 10 nitrogen and oxygen atoms in total. The van der Waals surface area contributed by atoms with Crippen molar-refractivity contribution in [3.63, 3.8) is 0 Å². The molecule has 0 bridgehead atoms. The van der Waals surface area contributed by atoms with Gasteiger partial charge in [-0.3, -0.25) is 4.57 Å². The molecule has 0 saturated carbocycles. The van der Waals surface area contributed by atoms with Crippen LogP contribution in [0.15, 0.2) is 6.33 Å². The lowest BCUT2D eigenvalue weighted by Crippen LogP contribution is -2.09. The molecule has 11 heteroatoms. The van der Waals surface area contributed by atoms with E-state index in [-0.39, 0.29) is 6.61 Å². The lowest BCUT2D eigenvalue weighted by Gasteiger charge is -2.08. The van der Waals surface area contributed by atoms with E-state index in [1.807, 2.05) is 0 Å². The molecule has 2 aromatic rings. The molecule has 2 heterocycles. The van der Waals surface area contributed by atoms with Crippen molar-refractivity contribution in [2.24, 2.45) is 0 Å². The van der Waals surface area contributed by atoms with Gasteiger partial charge in [-0.05, 0) is 12.8 Å². The number of hydrogen-bond acceptors (Lipinski definition) is 7. The van der Waals surface area contributed by atoms with Crippen LogP contribution >= 0.6 is 7.60 Å². The minimum atomic E-state index is -4.18. The summed E-state index contributed by atoms with van der Waals surface area (Å²) >= 11 is 0. The van der Waals surface area contributed by atoms with Crippen LogP contribution in [0, 0.1) is 0 Å². The van der Waals surface area contributed by atoms with Gasteiger partial charge in [-0.2, -0.15) is 0 Å². The fourth-order valence-electron chi connectivity index (χ4n) is 4.47. The van der Waals surface area contributed by atoms with E-state index in [2.05, 4.69) is 21.9 Å².